The second kappa shape index (κ2) is 4.71. The molecule has 1 aromatic carbocycles. The Morgan fingerprint density at radius 3 is 2.75 bits per heavy atom. The molecule has 16 heavy (non-hydrogen) atoms. The van der Waals surface area contributed by atoms with Crippen LogP contribution in [0.3, 0.4) is 0 Å². The van der Waals surface area contributed by atoms with Crippen LogP contribution in [0.15, 0.2) is 30.5 Å². The lowest BCUT2D eigenvalue weighted by molar-refractivity contribution is 0.524. The van der Waals surface area contributed by atoms with E-state index in [-0.39, 0.29) is 0 Å². The molecule has 0 fully saturated rings. The van der Waals surface area contributed by atoms with E-state index in [2.05, 4.69) is 48.9 Å². The highest BCUT2D eigenvalue weighted by Crippen LogP contribution is 2.20. The molecule has 2 aromatic rings. The van der Waals surface area contributed by atoms with Gasteiger partial charge in [0.05, 0.1) is 0 Å². The Hall–Kier alpha value is -1.28. The molecular formula is C14H20N2. The number of hydrogen-bond donors (Lipinski definition) is 1. The smallest absolute Gasteiger partial charge is 0.0483 e. The van der Waals surface area contributed by atoms with Gasteiger partial charge in [0.2, 0.25) is 0 Å². The van der Waals surface area contributed by atoms with Gasteiger partial charge in [-0.2, -0.15) is 0 Å². The van der Waals surface area contributed by atoms with E-state index in [1.54, 1.807) is 0 Å². The Morgan fingerprint density at radius 2 is 2.06 bits per heavy atom. The van der Waals surface area contributed by atoms with Crippen LogP contribution < -0.4 is 5.73 Å². The highest BCUT2D eigenvalue weighted by molar-refractivity contribution is 5.83. The summed E-state index contributed by atoms with van der Waals surface area (Å²) in [5.41, 5.74) is 8.28. The van der Waals surface area contributed by atoms with Gasteiger partial charge >= 0.3 is 0 Å². The first-order valence-corrected chi connectivity index (χ1v) is 5.99. The standard InChI is InChI=1S/C14H20N2/c1-11(2)6-8-16-9-7-13-12(10-15)4-3-5-14(13)16/h3-5,7,9,11H,6,8,10,15H2,1-2H3. The monoisotopic (exact) mass is 216 g/mol. The SMILES string of the molecule is CC(C)CCn1ccc2c(CN)cccc21. The van der Waals surface area contributed by atoms with Crippen molar-refractivity contribution in [1.82, 2.24) is 4.57 Å². The molecule has 0 saturated carbocycles. The maximum Gasteiger partial charge on any atom is 0.0483 e. The molecule has 86 valence electrons. The zero-order valence-electron chi connectivity index (χ0n) is 10.1. The number of aromatic nitrogens is 1. The molecule has 0 aliphatic carbocycles. The van der Waals surface area contributed by atoms with Crippen LogP contribution in [0.2, 0.25) is 0 Å². The van der Waals surface area contributed by atoms with Crippen LogP contribution in [0.4, 0.5) is 0 Å². The summed E-state index contributed by atoms with van der Waals surface area (Å²) in [7, 11) is 0. The van der Waals surface area contributed by atoms with Gasteiger partial charge in [0, 0.05) is 30.2 Å². The van der Waals surface area contributed by atoms with Crippen molar-refractivity contribution in [3.63, 3.8) is 0 Å². The van der Waals surface area contributed by atoms with Crippen LogP contribution in [-0.4, -0.2) is 4.57 Å². The van der Waals surface area contributed by atoms with Gasteiger partial charge in [0.1, 0.15) is 0 Å². The van der Waals surface area contributed by atoms with Gasteiger partial charge in [0.25, 0.3) is 0 Å². The van der Waals surface area contributed by atoms with E-state index < -0.39 is 0 Å². The van der Waals surface area contributed by atoms with Gasteiger partial charge in [-0.3, -0.25) is 0 Å². The molecule has 0 atom stereocenters. The fraction of sp³-hybridized carbons (Fsp3) is 0.429. The molecule has 0 unspecified atom stereocenters. The van der Waals surface area contributed by atoms with E-state index in [0.717, 1.165) is 12.5 Å². The third-order valence-electron chi connectivity index (χ3n) is 3.07. The normalized spacial score (nSPS) is 11.5. The van der Waals surface area contributed by atoms with Crippen molar-refractivity contribution in [1.29, 1.82) is 0 Å². The van der Waals surface area contributed by atoms with Crippen molar-refractivity contribution in [2.75, 3.05) is 0 Å². The lowest BCUT2D eigenvalue weighted by Gasteiger charge is -2.08. The average Bonchev–Trinajstić information content (AvgIpc) is 2.69. The molecule has 0 saturated heterocycles. The van der Waals surface area contributed by atoms with Crippen LogP contribution in [0, 0.1) is 5.92 Å². The summed E-state index contributed by atoms with van der Waals surface area (Å²) >= 11 is 0. The van der Waals surface area contributed by atoms with Crippen LogP contribution in [0.1, 0.15) is 25.8 Å². The first kappa shape index (κ1) is 11.2. The minimum Gasteiger partial charge on any atom is -0.347 e. The summed E-state index contributed by atoms with van der Waals surface area (Å²) in [5.74, 6) is 0.746. The Morgan fingerprint density at radius 1 is 1.25 bits per heavy atom. The topological polar surface area (TPSA) is 30.9 Å². The summed E-state index contributed by atoms with van der Waals surface area (Å²) in [5, 5.41) is 1.30. The molecule has 0 radical (unpaired) electrons. The molecule has 2 rings (SSSR count). The second-order valence-electron chi connectivity index (χ2n) is 4.75. The largest absolute Gasteiger partial charge is 0.347 e. The van der Waals surface area contributed by atoms with Crippen LogP contribution in [-0.2, 0) is 13.1 Å². The quantitative estimate of drug-likeness (QED) is 0.836. The van der Waals surface area contributed by atoms with Gasteiger partial charge in [-0.15, -0.1) is 0 Å². The molecule has 2 N–H and O–H groups in total. The Kier molecular flexibility index (Phi) is 3.30. The molecule has 2 nitrogen and oxygen atoms in total. The molecule has 1 heterocycles. The lowest BCUT2D eigenvalue weighted by Crippen LogP contribution is -2.01. The molecule has 0 aliphatic rings. The summed E-state index contributed by atoms with van der Waals surface area (Å²) in [4.78, 5) is 0. The molecule has 0 amide bonds. The fourth-order valence-corrected chi connectivity index (χ4v) is 2.06. The van der Waals surface area contributed by atoms with E-state index >= 15 is 0 Å². The average molecular weight is 216 g/mol. The predicted molar refractivity (Wildman–Crippen MR) is 69.3 cm³/mol. The van der Waals surface area contributed by atoms with E-state index in [9.17, 15) is 0 Å². The summed E-state index contributed by atoms with van der Waals surface area (Å²) in [6, 6.07) is 8.55. The Balaban J connectivity index is 2.34. The highest BCUT2D eigenvalue weighted by atomic mass is 14.9. The van der Waals surface area contributed by atoms with Crippen LogP contribution in [0.5, 0.6) is 0 Å². The third-order valence-corrected chi connectivity index (χ3v) is 3.07. The van der Waals surface area contributed by atoms with Gasteiger partial charge in [0.15, 0.2) is 0 Å². The minimum atomic E-state index is 0.617. The Bertz CT molecular complexity index is 469. The molecule has 2 heteroatoms. The zero-order valence-corrected chi connectivity index (χ0v) is 10.1. The first-order valence-electron chi connectivity index (χ1n) is 5.99. The van der Waals surface area contributed by atoms with E-state index in [4.69, 9.17) is 5.73 Å². The maximum absolute atomic E-state index is 5.74. The molecule has 0 aliphatic heterocycles. The number of aryl methyl sites for hydroxylation is 1. The molecule has 0 spiro atoms. The Labute approximate surface area is 97.1 Å². The van der Waals surface area contributed by atoms with E-state index in [1.807, 2.05) is 0 Å². The summed E-state index contributed by atoms with van der Waals surface area (Å²) in [6.45, 7) is 6.23. The van der Waals surface area contributed by atoms with Gasteiger partial charge in [-0.25, -0.2) is 0 Å². The zero-order chi connectivity index (χ0) is 11.5. The van der Waals surface area contributed by atoms with Crippen molar-refractivity contribution in [3.8, 4) is 0 Å². The highest BCUT2D eigenvalue weighted by Gasteiger charge is 2.04. The van der Waals surface area contributed by atoms with Gasteiger partial charge < -0.3 is 10.3 Å². The molecule has 0 bridgehead atoms. The van der Waals surface area contributed by atoms with Crippen LogP contribution in [0.25, 0.3) is 10.9 Å². The lowest BCUT2D eigenvalue weighted by atomic mass is 10.1. The number of rotatable bonds is 4. The second-order valence-corrected chi connectivity index (χ2v) is 4.75. The van der Waals surface area contributed by atoms with E-state index in [0.29, 0.717) is 6.54 Å². The van der Waals surface area contributed by atoms with Crippen molar-refractivity contribution in [2.24, 2.45) is 11.7 Å². The number of benzene rings is 1. The van der Waals surface area contributed by atoms with Crippen molar-refractivity contribution in [2.45, 2.75) is 33.4 Å². The number of hydrogen-bond acceptors (Lipinski definition) is 1. The fourth-order valence-electron chi connectivity index (χ4n) is 2.06. The molecular weight excluding hydrogens is 196 g/mol. The number of nitrogens with two attached hydrogens (primary N) is 1. The summed E-state index contributed by atoms with van der Waals surface area (Å²) < 4.78 is 2.33. The van der Waals surface area contributed by atoms with Crippen LogP contribution >= 0.6 is 0 Å². The minimum absolute atomic E-state index is 0.617. The predicted octanol–water partition coefficient (Wildman–Crippen LogP) is 3.15. The number of nitrogens with zero attached hydrogens (tertiary/aromatic N) is 1. The maximum atomic E-state index is 5.74. The van der Waals surface area contributed by atoms with Crippen molar-refractivity contribution >= 4 is 10.9 Å². The molecule has 1 aromatic heterocycles. The van der Waals surface area contributed by atoms with E-state index in [1.165, 1.54) is 22.9 Å². The van der Waals surface area contributed by atoms with Gasteiger partial charge in [-0.05, 0) is 30.0 Å². The first-order chi connectivity index (χ1) is 7.72. The van der Waals surface area contributed by atoms with Gasteiger partial charge in [-0.1, -0.05) is 26.0 Å². The number of fused-ring (bicyclic) bond motifs is 1. The van der Waals surface area contributed by atoms with Crippen molar-refractivity contribution < 1.29 is 0 Å². The van der Waals surface area contributed by atoms with Crippen molar-refractivity contribution in [3.05, 3.63) is 36.0 Å². The summed E-state index contributed by atoms with van der Waals surface area (Å²) in [6.07, 6.45) is 3.39. The third kappa shape index (κ3) is 2.12.